The molecule has 0 amide bonds. The van der Waals surface area contributed by atoms with Gasteiger partial charge in [-0.3, -0.25) is 0 Å². The average Bonchev–Trinajstić information content (AvgIpc) is 2.76. The lowest BCUT2D eigenvalue weighted by Crippen LogP contribution is -2.41. The second-order valence-electron chi connectivity index (χ2n) is 7.99. The zero-order chi connectivity index (χ0) is 17.5. The van der Waals surface area contributed by atoms with E-state index in [0.29, 0.717) is 5.92 Å². The summed E-state index contributed by atoms with van der Waals surface area (Å²) in [4.78, 5) is 0. The maximum atomic E-state index is 6.17. The van der Waals surface area contributed by atoms with Gasteiger partial charge in [-0.2, -0.15) is 0 Å². The lowest BCUT2D eigenvalue weighted by molar-refractivity contribution is 0.00578. The van der Waals surface area contributed by atoms with Crippen LogP contribution in [-0.4, -0.2) is 18.3 Å². The predicted octanol–water partition coefficient (Wildman–Crippen LogP) is 4.94. The lowest BCUT2D eigenvalue weighted by Gasteiger charge is -2.32. The highest BCUT2D eigenvalue weighted by molar-refractivity contribution is 6.62. The van der Waals surface area contributed by atoms with Gasteiger partial charge >= 0.3 is 7.12 Å². The number of hydrogen-bond acceptors (Lipinski definition) is 3. The van der Waals surface area contributed by atoms with Crippen molar-refractivity contribution < 1.29 is 9.31 Å². The van der Waals surface area contributed by atoms with Crippen molar-refractivity contribution in [2.75, 3.05) is 0 Å². The zero-order valence-corrected chi connectivity index (χ0v) is 16.3. The molecule has 4 heteroatoms. The first-order chi connectivity index (χ1) is 11.2. The van der Waals surface area contributed by atoms with Crippen LogP contribution in [-0.2, 0) is 9.31 Å². The fraction of sp³-hybridized carbons (Fsp3) is 0.429. The molecular weight excluding hydrogens is 309 g/mol. The minimum Gasteiger partial charge on any atom is -0.399 e. The van der Waals surface area contributed by atoms with Gasteiger partial charge in [0.1, 0.15) is 0 Å². The highest BCUT2D eigenvalue weighted by atomic mass is 16.7. The summed E-state index contributed by atoms with van der Waals surface area (Å²) in [6.45, 7) is 12.8. The molecule has 25 heavy (non-hydrogen) atoms. The molecule has 1 heterocycles. The van der Waals surface area contributed by atoms with E-state index in [9.17, 15) is 0 Å². The van der Waals surface area contributed by atoms with E-state index in [1.54, 1.807) is 0 Å². The van der Waals surface area contributed by atoms with Crippen LogP contribution in [0.2, 0.25) is 0 Å². The molecule has 3 N–H and O–H groups in total. The Kier molecular flexibility index (Phi) is 5.48. The van der Waals surface area contributed by atoms with Gasteiger partial charge < -0.3 is 15.5 Å². The minimum atomic E-state index is -0.315. The maximum Gasteiger partial charge on any atom is 0.494 e. The van der Waals surface area contributed by atoms with Crippen LogP contribution in [0.4, 0.5) is 0 Å². The third-order valence-corrected chi connectivity index (χ3v) is 5.32. The van der Waals surface area contributed by atoms with Crippen LogP contribution in [0.1, 0.15) is 53.0 Å². The van der Waals surface area contributed by atoms with Crippen LogP contribution in [0.3, 0.4) is 0 Å². The molecule has 0 bridgehead atoms. The van der Waals surface area contributed by atoms with Gasteiger partial charge in [-0.05, 0) is 55.8 Å². The Bertz CT molecular complexity index is 707. The highest BCUT2D eigenvalue weighted by Crippen LogP contribution is 2.36. The normalized spacial score (nSPS) is 18.3. The van der Waals surface area contributed by atoms with Crippen molar-refractivity contribution >= 4 is 12.6 Å². The van der Waals surface area contributed by atoms with Crippen molar-refractivity contribution in [1.29, 1.82) is 0 Å². The number of rotatable bonds is 3. The largest absolute Gasteiger partial charge is 0.494 e. The van der Waals surface area contributed by atoms with E-state index in [-0.39, 0.29) is 24.5 Å². The summed E-state index contributed by atoms with van der Waals surface area (Å²) in [5, 5.41) is 0. The molecule has 0 atom stereocenters. The van der Waals surface area contributed by atoms with Crippen LogP contribution < -0.4 is 11.6 Å². The molecule has 3 rings (SSSR count). The van der Waals surface area contributed by atoms with Crippen molar-refractivity contribution in [2.45, 2.75) is 58.7 Å². The molecule has 0 radical (unpaired) electrons. The fourth-order valence-electron chi connectivity index (χ4n) is 2.90. The standard InChI is InChI=1S/C21H27BO2.H3N/c1-15(2)16-10-12-17(13-11-16)18-8-7-9-19(14-18)22-23-20(3,4)21(5,6)24-22;/h7-15H,1-6H3;1H3. The summed E-state index contributed by atoms with van der Waals surface area (Å²) >= 11 is 0. The molecular formula is C21H30BNO2. The van der Waals surface area contributed by atoms with E-state index in [1.165, 1.54) is 16.7 Å². The highest BCUT2D eigenvalue weighted by Gasteiger charge is 2.51. The first kappa shape index (κ1) is 19.7. The van der Waals surface area contributed by atoms with Gasteiger partial charge in [0.15, 0.2) is 0 Å². The second-order valence-corrected chi connectivity index (χ2v) is 7.99. The van der Waals surface area contributed by atoms with E-state index in [1.807, 2.05) is 0 Å². The Morgan fingerprint density at radius 1 is 0.800 bits per heavy atom. The fourth-order valence-corrected chi connectivity index (χ4v) is 2.90. The molecule has 0 unspecified atom stereocenters. The summed E-state index contributed by atoms with van der Waals surface area (Å²) in [6, 6.07) is 17.3. The van der Waals surface area contributed by atoms with Gasteiger partial charge in [0, 0.05) is 0 Å². The van der Waals surface area contributed by atoms with Crippen molar-refractivity contribution in [1.82, 2.24) is 6.15 Å². The quantitative estimate of drug-likeness (QED) is 0.806. The van der Waals surface area contributed by atoms with Gasteiger partial charge in [0.25, 0.3) is 0 Å². The Morgan fingerprint density at radius 3 is 1.88 bits per heavy atom. The zero-order valence-electron chi connectivity index (χ0n) is 16.3. The smallest absolute Gasteiger partial charge is 0.399 e. The topological polar surface area (TPSA) is 53.5 Å². The molecule has 3 nitrogen and oxygen atoms in total. The molecule has 0 aliphatic carbocycles. The lowest BCUT2D eigenvalue weighted by atomic mass is 9.78. The van der Waals surface area contributed by atoms with Gasteiger partial charge in [0.05, 0.1) is 11.2 Å². The van der Waals surface area contributed by atoms with Crippen molar-refractivity contribution in [3.05, 3.63) is 54.1 Å². The summed E-state index contributed by atoms with van der Waals surface area (Å²) in [5.41, 5.74) is 4.22. The summed E-state index contributed by atoms with van der Waals surface area (Å²) in [6.07, 6.45) is 0. The monoisotopic (exact) mass is 339 g/mol. The summed E-state index contributed by atoms with van der Waals surface area (Å²) in [5.74, 6) is 0.551. The molecule has 0 aromatic heterocycles. The van der Waals surface area contributed by atoms with Gasteiger partial charge in [-0.15, -0.1) is 0 Å². The molecule has 134 valence electrons. The first-order valence-electron chi connectivity index (χ1n) is 8.75. The summed E-state index contributed by atoms with van der Waals surface area (Å²) < 4.78 is 12.3. The average molecular weight is 339 g/mol. The third-order valence-electron chi connectivity index (χ3n) is 5.32. The molecule has 0 spiro atoms. The van der Waals surface area contributed by atoms with Crippen LogP contribution in [0.25, 0.3) is 11.1 Å². The Morgan fingerprint density at radius 2 is 1.36 bits per heavy atom. The van der Waals surface area contributed by atoms with E-state index in [2.05, 4.69) is 90.1 Å². The number of benzene rings is 2. The number of hydrogen-bond donors (Lipinski definition) is 1. The molecule has 0 saturated carbocycles. The summed E-state index contributed by atoms with van der Waals surface area (Å²) in [7, 11) is -0.315. The van der Waals surface area contributed by atoms with Crippen LogP contribution in [0, 0.1) is 0 Å². The Labute approximate surface area is 152 Å². The Balaban J connectivity index is 0.00000225. The van der Waals surface area contributed by atoms with Crippen LogP contribution in [0.15, 0.2) is 48.5 Å². The van der Waals surface area contributed by atoms with Crippen molar-refractivity contribution in [2.24, 2.45) is 0 Å². The molecule has 1 fully saturated rings. The molecule has 2 aromatic carbocycles. The van der Waals surface area contributed by atoms with Gasteiger partial charge in [-0.1, -0.05) is 62.4 Å². The second kappa shape index (κ2) is 6.95. The van der Waals surface area contributed by atoms with Crippen molar-refractivity contribution in [3.63, 3.8) is 0 Å². The van der Waals surface area contributed by atoms with E-state index < -0.39 is 0 Å². The third kappa shape index (κ3) is 3.81. The van der Waals surface area contributed by atoms with Crippen molar-refractivity contribution in [3.8, 4) is 11.1 Å². The SMILES string of the molecule is CC(C)c1ccc(-c2cccc(B3OC(C)(C)C(C)(C)O3)c2)cc1.N. The minimum absolute atomic E-state index is 0. The van der Waals surface area contributed by atoms with E-state index in [4.69, 9.17) is 9.31 Å². The Hall–Kier alpha value is -1.62. The molecule has 2 aromatic rings. The predicted molar refractivity (Wildman–Crippen MR) is 107 cm³/mol. The van der Waals surface area contributed by atoms with E-state index in [0.717, 1.165) is 5.46 Å². The van der Waals surface area contributed by atoms with Gasteiger partial charge in [-0.25, -0.2) is 0 Å². The molecule has 1 aliphatic rings. The molecule has 1 aliphatic heterocycles. The van der Waals surface area contributed by atoms with E-state index >= 15 is 0 Å². The first-order valence-corrected chi connectivity index (χ1v) is 8.75. The molecule has 1 saturated heterocycles. The van der Waals surface area contributed by atoms with Gasteiger partial charge in [0.2, 0.25) is 0 Å². The maximum absolute atomic E-state index is 6.17. The van der Waals surface area contributed by atoms with Crippen LogP contribution in [0.5, 0.6) is 0 Å². The van der Waals surface area contributed by atoms with Crippen LogP contribution >= 0.6 is 0 Å².